The molecule has 0 aromatic rings. The van der Waals surface area contributed by atoms with E-state index in [2.05, 4.69) is 55.4 Å². The highest BCUT2D eigenvalue weighted by Crippen LogP contribution is 2.42. The van der Waals surface area contributed by atoms with Gasteiger partial charge in [-0.2, -0.15) is 0 Å². The first kappa shape index (κ1) is 18.1. The van der Waals surface area contributed by atoms with Gasteiger partial charge in [0.05, 0.1) is 0 Å². The lowest BCUT2D eigenvalue weighted by atomic mass is 9.71. The van der Waals surface area contributed by atoms with Crippen LogP contribution in [0.2, 0.25) is 0 Å². The van der Waals surface area contributed by atoms with Crippen molar-refractivity contribution in [2.24, 2.45) is 47.3 Å². The Morgan fingerprint density at radius 1 is 0.550 bits per heavy atom. The van der Waals surface area contributed by atoms with Crippen LogP contribution in [0.25, 0.3) is 0 Å². The molecule has 8 atom stereocenters. The second kappa shape index (κ2) is 7.85. The Kier molecular flexibility index (Phi) is 7.09. The van der Waals surface area contributed by atoms with Gasteiger partial charge in [0.25, 0.3) is 0 Å². The first-order valence-electron chi connectivity index (χ1n) is 9.27. The molecule has 2 aliphatic rings. The van der Waals surface area contributed by atoms with E-state index >= 15 is 0 Å². The Morgan fingerprint density at radius 2 is 0.900 bits per heavy atom. The highest BCUT2D eigenvalue weighted by atomic mass is 14.4. The summed E-state index contributed by atoms with van der Waals surface area (Å²) in [6, 6.07) is 0. The van der Waals surface area contributed by atoms with E-state index in [1.54, 1.807) is 0 Å². The number of rotatable bonds is 1. The molecule has 0 bridgehead atoms. The van der Waals surface area contributed by atoms with Gasteiger partial charge < -0.3 is 0 Å². The minimum absolute atomic E-state index is 0.964. The monoisotopic (exact) mass is 280 g/mol. The van der Waals surface area contributed by atoms with Crippen molar-refractivity contribution in [1.82, 2.24) is 0 Å². The molecule has 0 aromatic heterocycles. The summed E-state index contributed by atoms with van der Waals surface area (Å²) in [4.78, 5) is 0. The Bertz CT molecular complexity index is 243. The van der Waals surface area contributed by atoms with E-state index in [-0.39, 0.29) is 0 Å². The summed E-state index contributed by atoms with van der Waals surface area (Å²) >= 11 is 0. The van der Waals surface area contributed by atoms with Gasteiger partial charge >= 0.3 is 0 Å². The van der Waals surface area contributed by atoms with E-state index < -0.39 is 0 Å². The molecule has 0 radical (unpaired) electrons. The Hall–Kier alpha value is 0. The van der Waals surface area contributed by atoms with Gasteiger partial charge in [-0.25, -0.2) is 0 Å². The van der Waals surface area contributed by atoms with Crippen molar-refractivity contribution in [2.45, 2.75) is 81.1 Å². The first-order valence-corrected chi connectivity index (χ1v) is 9.27. The molecular weight excluding hydrogens is 240 g/mol. The van der Waals surface area contributed by atoms with Gasteiger partial charge in [0.15, 0.2) is 0 Å². The predicted molar refractivity (Wildman–Crippen MR) is 91.8 cm³/mol. The molecular formula is C20H40. The fraction of sp³-hybridized carbons (Fsp3) is 1.00. The van der Waals surface area contributed by atoms with Gasteiger partial charge in [0.1, 0.15) is 0 Å². The first-order chi connectivity index (χ1) is 9.27. The van der Waals surface area contributed by atoms with E-state index in [1.165, 1.54) is 25.7 Å². The van der Waals surface area contributed by atoms with Gasteiger partial charge in [-0.1, -0.05) is 61.8 Å². The minimum atomic E-state index is 0.964. The van der Waals surface area contributed by atoms with Crippen LogP contribution in [0.15, 0.2) is 0 Å². The molecule has 0 amide bonds. The maximum absolute atomic E-state index is 2.42. The average Bonchev–Trinajstić information content (AvgIpc) is 2.61. The van der Waals surface area contributed by atoms with Crippen LogP contribution >= 0.6 is 0 Å². The standard InChI is InChI=1S/2C10H20/c1-7-5-9(3)10(4)6-8(7)2;1-5-10-8(3)6-7(2)9(10)4/h2*7-10H,5-6H2,1-4H3. The largest absolute Gasteiger partial charge is 0.0651 e. The molecule has 0 spiro atoms. The van der Waals surface area contributed by atoms with Crippen molar-refractivity contribution in [1.29, 1.82) is 0 Å². The molecule has 2 fully saturated rings. The van der Waals surface area contributed by atoms with Gasteiger partial charge in [0, 0.05) is 0 Å². The molecule has 2 aliphatic carbocycles. The summed E-state index contributed by atoms with van der Waals surface area (Å²) in [6.45, 7) is 19.1. The summed E-state index contributed by atoms with van der Waals surface area (Å²) in [5.41, 5.74) is 0. The fourth-order valence-electron chi connectivity index (χ4n) is 4.79. The topological polar surface area (TPSA) is 0 Å². The van der Waals surface area contributed by atoms with Gasteiger partial charge in [-0.3, -0.25) is 0 Å². The summed E-state index contributed by atoms with van der Waals surface area (Å²) in [5, 5.41) is 0. The molecule has 120 valence electrons. The molecule has 2 rings (SSSR count). The molecule has 0 aromatic carbocycles. The maximum Gasteiger partial charge on any atom is -0.0363 e. The number of hydrogen-bond acceptors (Lipinski definition) is 0. The van der Waals surface area contributed by atoms with Crippen molar-refractivity contribution in [3.63, 3.8) is 0 Å². The van der Waals surface area contributed by atoms with Crippen LogP contribution in [-0.4, -0.2) is 0 Å². The summed E-state index contributed by atoms with van der Waals surface area (Å²) in [6.07, 6.45) is 5.73. The van der Waals surface area contributed by atoms with Crippen LogP contribution < -0.4 is 0 Å². The van der Waals surface area contributed by atoms with Gasteiger partial charge in [-0.15, -0.1) is 0 Å². The minimum Gasteiger partial charge on any atom is -0.0651 e. The van der Waals surface area contributed by atoms with Crippen LogP contribution in [0.4, 0.5) is 0 Å². The second-order valence-corrected chi connectivity index (χ2v) is 8.50. The lowest BCUT2D eigenvalue weighted by Gasteiger charge is -2.35. The quantitative estimate of drug-likeness (QED) is 0.504. The summed E-state index contributed by atoms with van der Waals surface area (Å²) < 4.78 is 0. The van der Waals surface area contributed by atoms with E-state index in [0.29, 0.717) is 0 Å². The van der Waals surface area contributed by atoms with Crippen molar-refractivity contribution in [3.8, 4) is 0 Å². The highest BCUT2D eigenvalue weighted by molar-refractivity contribution is 4.83. The molecule has 0 saturated heterocycles. The van der Waals surface area contributed by atoms with Gasteiger partial charge in [0.2, 0.25) is 0 Å². The molecule has 0 aliphatic heterocycles. The fourth-order valence-corrected chi connectivity index (χ4v) is 4.79. The van der Waals surface area contributed by atoms with E-state index in [0.717, 1.165) is 47.3 Å². The van der Waals surface area contributed by atoms with Gasteiger partial charge in [-0.05, 0) is 66.6 Å². The van der Waals surface area contributed by atoms with Crippen molar-refractivity contribution >= 4 is 0 Å². The molecule has 8 unspecified atom stereocenters. The van der Waals surface area contributed by atoms with Crippen molar-refractivity contribution in [3.05, 3.63) is 0 Å². The van der Waals surface area contributed by atoms with E-state index in [4.69, 9.17) is 0 Å². The molecule has 0 nitrogen and oxygen atoms in total. The van der Waals surface area contributed by atoms with Crippen LogP contribution in [0, 0.1) is 47.3 Å². The lowest BCUT2D eigenvalue weighted by Crippen LogP contribution is -2.25. The molecule has 0 heteroatoms. The van der Waals surface area contributed by atoms with Crippen LogP contribution in [0.5, 0.6) is 0 Å². The summed E-state index contributed by atoms with van der Waals surface area (Å²) in [5.74, 6) is 7.79. The van der Waals surface area contributed by atoms with Crippen LogP contribution in [0.1, 0.15) is 81.1 Å². The highest BCUT2D eigenvalue weighted by Gasteiger charge is 2.33. The van der Waals surface area contributed by atoms with E-state index in [1.807, 2.05) is 0 Å². The van der Waals surface area contributed by atoms with E-state index in [9.17, 15) is 0 Å². The third-order valence-electron chi connectivity index (χ3n) is 6.95. The zero-order chi connectivity index (χ0) is 15.4. The normalized spacial score (nSPS) is 48.6. The average molecular weight is 281 g/mol. The molecule has 20 heavy (non-hydrogen) atoms. The summed E-state index contributed by atoms with van der Waals surface area (Å²) in [7, 11) is 0. The molecule has 2 saturated carbocycles. The zero-order valence-corrected chi connectivity index (χ0v) is 15.4. The zero-order valence-electron chi connectivity index (χ0n) is 15.4. The second-order valence-electron chi connectivity index (χ2n) is 8.50. The molecule has 0 heterocycles. The maximum atomic E-state index is 2.42. The SMILES string of the molecule is CC1CC(C)C(C)CC1C.CCC1C(C)CC(C)C1C. The third kappa shape index (κ3) is 4.50. The van der Waals surface area contributed by atoms with Crippen LogP contribution in [0.3, 0.4) is 0 Å². The lowest BCUT2D eigenvalue weighted by molar-refractivity contribution is 0.157. The predicted octanol–water partition coefficient (Wildman–Crippen LogP) is 6.65. The smallest absolute Gasteiger partial charge is 0.0363 e. The Morgan fingerprint density at radius 3 is 1.10 bits per heavy atom. The van der Waals surface area contributed by atoms with Crippen molar-refractivity contribution < 1.29 is 0 Å². The van der Waals surface area contributed by atoms with Crippen molar-refractivity contribution in [2.75, 3.05) is 0 Å². The van der Waals surface area contributed by atoms with Crippen LogP contribution in [-0.2, 0) is 0 Å². The third-order valence-corrected chi connectivity index (χ3v) is 6.95. The Labute approximate surface area is 129 Å². The Balaban J connectivity index is 0.000000200. The number of hydrogen-bond donors (Lipinski definition) is 0. The molecule has 0 N–H and O–H groups in total.